The molecule has 0 spiro atoms. The Hall–Kier alpha value is -4.60. The van der Waals surface area contributed by atoms with Crippen LogP contribution in [0.25, 0.3) is 5.76 Å². The number of hydrogen-bond donors (Lipinski definition) is 5. The molecule has 1 aliphatic rings. The molecule has 4 rings (SSSR count). The first-order valence-corrected chi connectivity index (χ1v) is 9.74. The van der Waals surface area contributed by atoms with Crippen LogP contribution in [0.15, 0.2) is 60.5 Å². The number of aromatic nitrogens is 1. The van der Waals surface area contributed by atoms with E-state index in [1.807, 2.05) is 0 Å². The van der Waals surface area contributed by atoms with Gasteiger partial charge in [0.1, 0.15) is 11.5 Å². The van der Waals surface area contributed by atoms with E-state index in [9.17, 15) is 34.4 Å². The zero-order chi connectivity index (χ0) is 23.7. The average Bonchev–Trinajstić information content (AvgIpc) is 2.82. The van der Waals surface area contributed by atoms with Gasteiger partial charge in [-0.2, -0.15) is 0 Å². The maximum atomic E-state index is 13.0. The van der Waals surface area contributed by atoms with Crippen molar-refractivity contribution in [2.24, 2.45) is 0 Å². The number of amides is 2. The third kappa shape index (κ3) is 4.13. The van der Waals surface area contributed by atoms with E-state index in [2.05, 4.69) is 10.3 Å². The van der Waals surface area contributed by atoms with Crippen LogP contribution in [0.1, 0.15) is 37.5 Å². The van der Waals surface area contributed by atoms with Gasteiger partial charge >= 0.3 is 0 Å². The van der Waals surface area contributed by atoms with Gasteiger partial charge in [0.2, 0.25) is 5.88 Å². The van der Waals surface area contributed by atoms with Crippen LogP contribution in [-0.2, 0) is 13.1 Å². The van der Waals surface area contributed by atoms with E-state index in [0.717, 1.165) is 11.0 Å². The average molecular weight is 451 g/mol. The van der Waals surface area contributed by atoms with Gasteiger partial charge in [0.15, 0.2) is 11.5 Å². The molecule has 0 fully saturated rings. The predicted molar refractivity (Wildman–Crippen MR) is 114 cm³/mol. The van der Waals surface area contributed by atoms with Crippen LogP contribution < -0.4 is 5.32 Å². The molecular formula is C23H18FN3O6. The Morgan fingerprint density at radius 1 is 1.03 bits per heavy atom. The second kappa shape index (κ2) is 8.50. The molecule has 0 atom stereocenters. The van der Waals surface area contributed by atoms with Gasteiger partial charge in [-0.3, -0.25) is 14.5 Å². The van der Waals surface area contributed by atoms with Gasteiger partial charge in [0.25, 0.3) is 17.7 Å². The molecule has 2 aromatic carbocycles. The minimum absolute atomic E-state index is 0.00871. The molecular weight excluding hydrogens is 433 g/mol. The zero-order valence-corrected chi connectivity index (χ0v) is 17.0. The van der Waals surface area contributed by atoms with Gasteiger partial charge in [-0.1, -0.05) is 36.4 Å². The minimum atomic E-state index is -0.960. The molecule has 0 unspecified atom stereocenters. The molecule has 0 saturated carbocycles. The Bertz CT molecular complexity index is 1290. The number of halogens is 1. The maximum absolute atomic E-state index is 13.0. The lowest BCUT2D eigenvalue weighted by atomic mass is 10.0. The number of aliphatic hydroxyl groups is 2. The summed E-state index contributed by atoms with van der Waals surface area (Å²) < 4.78 is 13.0. The number of aromatic hydroxyl groups is 2. The van der Waals surface area contributed by atoms with Gasteiger partial charge < -0.3 is 25.7 Å². The van der Waals surface area contributed by atoms with Crippen LogP contribution >= 0.6 is 0 Å². The van der Waals surface area contributed by atoms with Crippen molar-refractivity contribution in [1.82, 2.24) is 15.2 Å². The summed E-state index contributed by atoms with van der Waals surface area (Å²) in [5.74, 6) is -5.20. The monoisotopic (exact) mass is 451 g/mol. The van der Waals surface area contributed by atoms with Crippen molar-refractivity contribution in [3.8, 4) is 11.6 Å². The summed E-state index contributed by atoms with van der Waals surface area (Å²) in [7, 11) is 0. The van der Waals surface area contributed by atoms with Crippen LogP contribution in [0, 0.1) is 5.82 Å². The Labute approximate surface area is 186 Å². The molecule has 3 aromatic rings. The number of nitrogens with one attached hydrogen (secondary N) is 1. The predicted octanol–water partition coefficient (Wildman–Crippen LogP) is 2.96. The number of benzene rings is 2. The highest BCUT2D eigenvalue weighted by Crippen LogP contribution is 2.32. The molecule has 168 valence electrons. The SMILES string of the molecule is O=C(NCc1ccc(F)cc1)c1cc(C(=O)N2Cc3ccccc3C(O)=C2O)nc(O)c1O. The number of pyridine rings is 1. The lowest BCUT2D eigenvalue weighted by molar-refractivity contribution is 0.0692. The van der Waals surface area contributed by atoms with Crippen LogP contribution in [0.3, 0.4) is 0 Å². The number of fused-ring (bicyclic) bond motifs is 1. The normalized spacial score (nSPS) is 12.9. The lowest BCUT2D eigenvalue weighted by Gasteiger charge is -2.27. The van der Waals surface area contributed by atoms with E-state index in [4.69, 9.17) is 0 Å². The Balaban J connectivity index is 1.60. The van der Waals surface area contributed by atoms with Crippen molar-refractivity contribution in [3.05, 3.63) is 94.2 Å². The van der Waals surface area contributed by atoms with Crippen molar-refractivity contribution < 1.29 is 34.4 Å². The molecule has 33 heavy (non-hydrogen) atoms. The van der Waals surface area contributed by atoms with Crippen molar-refractivity contribution in [2.45, 2.75) is 13.1 Å². The summed E-state index contributed by atoms with van der Waals surface area (Å²) in [5.41, 5.74) is 0.619. The standard InChI is InChI=1S/C23H18FN3O6/c24-14-7-5-12(6-8-14)10-25-20(30)16-9-17(26-21(31)18(16)28)22(32)27-11-13-3-1-2-4-15(13)19(29)23(27)33/h1-9,28-29,33H,10-11H2,(H,25,30)(H,26,31). The van der Waals surface area contributed by atoms with Gasteiger partial charge in [-0.15, -0.1) is 0 Å². The summed E-state index contributed by atoms with van der Waals surface area (Å²) in [6.45, 7) is -0.106. The lowest BCUT2D eigenvalue weighted by Crippen LogP contribution is -2.34. The zero-order valence-electron chi connectivity index (χ0n) is 17.0. The van der Waals surface area contributed by atoms with E-state index in [-0.39, 0.29) is 13.1 Å². The fourth-order valence-corrected chi connectivity index (χ4v) is 3.38. The van der Waals surface area contributed by atoms with Gasteiger partial charge in [-0.05, 0) is 29.3 Å². The third-order valence-electron chi connectivity index (χ3n) is 5.12. The van der Waals surface area contributed by atoms with E-state index < -0.39 is 52.2 Å². The number of rotatable bonds is 4. The Kier molecular flexibility index (Phi) is 5.57. The Morgan fingerprint density at radius 3 is 2.45 bits per heavy atom. The van der Waals surface area contributed by atoms with Crippen LogP contribution in [0.4, 0.5) is 4.39 Å². The highest BCUT2D eigenvalue weighted by molar-refractivity contribution is 6.01. The van der Waals surface area contributed by atoms with Crippen molar-refractivity contribution in [2.75, 3.05) is 0 Å². The summed E-state index contributed by atoms with van der Waals surface area (Å²) in [6, 6.07) is 12.9. The van der Waals surface area contributed by atoms with E-state index in [1.54, 1.807) is 24.3 Å². The first-order chi connectivity index (χ1) is 15.8. The third-order valence-corrected chi connectivity index (χ3v) is 5.12. The number of carbonyl (C=O) groups excluding carboxylic acids is 2. The van der Waals surface area contributed by atoms with E-state index in [0.29, 0.717) is 16.7 Å². The second-order valence-corrected chi connectivity index (χ2v) is 7.26. The van der Waals surface area contributed by atoms with Gasteiger partial charge in [0, 0.05) is 12.1 Å². The topological polar surface area (TPSA) is 143 Å². The second-order valence-electron chi connectivity index (χ2n) is 7.26. The van der Waals surface area contributed by atoms with Crippen LogP contribution in [-0.4, -0.2) is 42.1 Å². The highest BCUT2D eigenvalue weighted by atomic mass is 19.1. The first kappa shape index (κ1) is 21.6. The molecule has 5 N–H and O–H groups in total. The van der Waals surface area contributed by atoms with Crippen molar-refractivity contribution >= 4 is 17.6 Å². The fraction of sp³-hybridized carbons (Fsp3) is 0.0870. The molecule has 0 saturated heterocycles. The molecule has 1 aromatic heterocycles. The molecule has 2 amide bonds. The van der Waals surface area contributed by atoms with E-state index in [1.165, 1.54) is 24.3 Å². The molecule has 0 bridgehead atoms. The number of carbonyl (C=O) groups is 2. The molecule has 0 aliphatic carbocycles. The van der Waals surface area contributed by atoms with Crippen molar-refractivity contribution in [1.29, 1.82) is 0 Å². The smallest absolute Gasteiger partial charge is 0.279 e. The van der Waals surface area contributed by atoms with Gasteiger partial charge in [-0.25, -0.2) is 9.37 Å². The summed E-state index contributed by atoms with van der Waals surface area (Å²) in [6.07, 6.45) is 0. The maximum Gasteiger partial charge on any atom is 0.279 e. The summed E-state index contributed by atoms with van der Waals surface area (Å²) in [4.78, 5) is 30.0. The number of nitrogens with zero attached hydrogens (tertiary/aromatic N) is 2. The number of aliphatic hydroxyl groups excluding tert-OH is 2. The van der Waals surface area contributed by atoms with Gasteiger partial charge in [0.05, 0.1) is 12.1 Å². The molecule has 9 nitrogen and oxygen atoms in total. The first-order valence-electron chi connectivity index (χ1n) is 9.74. The fourth-order valence-electron chi connectivity index (χ4n) is 3.38. The largest absolute Gasteiger partial charge is 0.503 e. The molecule has 1 aliphatic heterocycles. The van der Waals surface area contributed by atoms with Crippen LogP contribution in [0.5, 0.6) is 11.6 Å². The van der Waals surface area contributed by atoms with Crippen molar-refractivity contribution in [3.63, 3.8) is 0 Å². The summed E-state index contributed by atoms with van der Waals surface area (Å²) in [5, 5.41) is 43.2. The molecule has 10 heteroatoms. The Morgan fingerprint density at radius 2 is 1.73 bits per heavy atom. The number of hydrogen-bond acceptors (Lipinski definition) is 7. The van der Waals surface area contributed by atoms with E-state index >= 15 is 0 Å². The molecule has 2 heterocycles. The molecule has 0 radical (unpaired) electrons. The summed E-state index contributed by atoms with van der Waals surface area (Å²) >= 11 is 0. The van der Waals surface area contributed by atoms with Crippen LogP contribution in [0.2, 0.25) is 0 Å². The quantitative estimate of drug-likeness (QED) is 0.410. The highest BCUT2D eigenvalue weighted by Gasteiger charge is 2.31. The minimum Gasteiger partial charge on any atom is -0.503 e.